The number of anilines is 1. The summed E-state index contributed by atoms with van der Waals surface area (Å²) in [5.74, 6) is -0.181. The van der Waals surface area contributed by atoms with Gasteiger partial charge < -0.3 is 10.6 Å². The smallest absolute Gasteiger partial charge is 0.248 e. The Labute approximate surface area is 145 Å². The van der Waals surface area contributed by atoms with Crippen molar-refractivity contribution in [3.8, 4) is 0 Å². The highest BCUT2D eigenvalue weighted by Gasteiger charge is 2.23. The van der Waals surface area contributed by atoms with Crippen LogP contribution >= 0.6 is 11.3 Å². The minimum atomic E-state index is -0.588. The molecule has 8 heteroatoms. The number of amides is 2. The Morgan fingerprint density at radius 1 is 1.38 bits per heavy atom. The Balaban J connectivity index is 1.96. The summed E-state index contributed by atoms with van der Waals surface area (Å²) in [5.41, 5.74) is 0.693. The maximum absolute atomic E-state index is 12.4. The highest BCUT2D eigenvalue weighted by atomic mass is 32.1. The van der Waals surface area contributed by atoms with E-state index >= 15 is 0 Å². The van der Waals surface area contributed by atoms with Crippen molar-refractivity contribution in [3.63, 3.8) is 0 Å². The van der Waals surface area contributed by atoms with Crippen LogP contribution in [0.3, 0.4) is 0 Å². The number of aromatic nitrogens is 3. The van der Waals surface area contributed by atoms with E-state index in [9.17, 15) is 9.59 Å². The van der Waals surface area contributed by atoms with Gasteiger partial charge in [-0.05, 0) is 25.3 Å². The summed E-state index contributed by atoms with van der Waals surface area (Å²) in [7, 11) is 0. The molecule has 24 heavy (non-hydrogen) atoms. The second-order valence-corrected chi connectivity index (χ2v) is 6.81. The predicted octanol–water partition coefficient (Wildman–Crippen LogP) is 2.07. The number of carbonyl (C=O) groups excluding carboxylic acids is 2. The molecule has 0 saturated heterocycles. The number of hydrogen-bond acceptors (Lipinski definition) is 5. The molecule has 2 heterocycles. The SMILES string of the molecule is CCn1ccc(CC(=O)NC(CC(C)C)C(=O)Nc2nccs2)n1. The monoisotopic (exact) mass is 349 g/mol. The van der Waals surface area contributed by atoms with Crippen molar-refractivity contribution < 1.29 is 9.59 Å². The number of hydrogen-bond donors (Lipinski definition) is 2. The molecule has 0 fully saturated rings. The lowest BCUT2D eigenvalue weighted by Gasteiger charge is -2.19. The first kappa shape index (κ1) is 18.1. The molecule has 0 radical (unpaired) electrons. The molecule has 2 aromatic rings. The average molecular weight is 349 g/mol. The van der Waals surface area contributed by atoms with Crippen LogP contribution in [-0.2, 0) is 22.6 Å². The van der Waals surface area contributed by atoms with Crippen LogP contribution in [0.5, 0.6) is 0 Å². The summed E-state index contributed by atoms with van der Waals surface area (Å²) in [6.07, 6.45) is 4.18. The first-order valence-corrected chi connectivity index (χ1v) is 8.88. The predicted molar refractivity (Wildman–Crippen MR) is 93.7 cm³/mol. The van der Waals surface area contributed by atoms with Crippen LogP contribution in [0.4, 0.5) is 5.13 Å². The number of rotatable bonds is 8. The van der Waals surface area contributed by atoms with Crippen molar-refractivity contribution in [1.29, 1.82) is 0 Å². The fourth-order valence-electron chi connectivity index (χ4n) is 2.26. The Morgan fingerprint density at radius 3 is 2.75 bits per heavy atom. The van der Waals surface area contributed by atoms with Crippen LogP contribution in [0.2, 0.25) is 0 Å². The molecular weight excluding hydrogens is 326 g/mol. The molecule has 2 rings (SSSR count). The number of nitrogens with one attached hydrogen (secondary N) is 2. The van der Waals surface area contributed by atoms with Crippen LogP contribution < -0.4 is 10.6 Å². The number of aryl methyl sites for hydroxylation is 1. The van der Waals surface area contributed by atoms with Gasteiger partial charge in [0.1, 0.15) is 6.04 Å². The van der Waals surface area contributed by atoms with E-state index in [2.05, 4.69) is 20.7 Å². The lowest BCUT2D eigenvalue weighted by Crippen LogP contribution is -2.45. The van der Waals surface area contributed by atoms with Gasteiger partial charge in [-0.2, -0.15) is 5.10 Å². The fraction of sp³-hybridized carbons (Fsp3) is 0.500. The van der Waals surface area contributed by atoms with Crippen molar-refractivity contribution >= 4 is 28.3 Å². The summed E-state index contributed by atoms with van der Waals surface area (Å²) >= 11 is 1.35. The van der Waals surface area contributed by atoms with E-state index in [1.165, 1.54) is 11.3 Å². The van der Waals surface area contributed by atoms with Gasteiger partial charge in [0.05, 0.1) is 12.1 Å². The molecule has 0 spiro atoms. The van der Waals surface area contributed by atoms with Gasteiger partial charge in [-0.15, -0.1) is 11.3 Å². The molecular formula is C16H23N5O2S. The third-order valence-corrected chi connectivity index (χ3v) is 4.07. The molecule has 0 aliphatic heterocycles. The quantitative estimate of drug-likeness (QED) is 0.763. The van der Waals surface area contributed by atoms with Gasteiger partial charge in [0.25, 0.3) is 0 Å². The van der Waals surface area contributed by atoms with Gasteiger partial charge in [-0.25, -0.2) is 4.98 Å². The number of carbonyl (C=O) groups is 2. The van der Waals surface area contributed by atoms with E-state index in [0.717, 1.165) is 6.54 Å². The first-order valence-electron chi connectivity index (χ1n) is 8.00. The van der Waals surface area contributed by atoms with Gasteiger partial charge in [0.15, 0.2) is 5.13 Å². The summed E-state index contributed by atoms with van der Waals surface area (Å²) in [5, 5.41) is 12.2. The van der Waals surface area contributed by atoms with E-state index in [0.29, 0.717) is 17.2 Å². The summed E-state index contributed by atoms with van der Waals surface area (Å²) in [6.45, 7) is 6.77. The van der Waals surface area contributed by atoms with E-state index in [4.69, 9.17) is 0 Å². The topological polar surface area (TPSA) is 88.9 Å². The van der Waals surface area contributed by atoms with E-state index in [1.54, 1.807) is 16.3 Å². The normalized spacial score (nSPS) is 12.2. The minimum absolute atomic E-state index is 0.159. The highest BCUT2D eigenvalue weighted by molar-refractivity contribution is 7.13. The minimum Gasteiger partial charge on any atom is -0.344 e. The summed E-state index contributed by atoms with van der Waals surface area (Å²) in [6, 6.07) is 1.23. The average Bonchev–Trinajstić information content (AvgIpc) is 3.17. The molecule has 1 atom stereocenters. The summed E-state index contributed by atoms with van der Waals surface area (Å²) < 4.78 is 1.77. The number of nitrogens with zero attached hydrogens (tertiary/aromatic N) is 3. The zero-order valence-corrected chi connectivity index (χ0v) is 15.0. The largest absolute Gasteiger partial charge is 0.344 e. The third-order valence-electron chi connectivity index (χ3n) is 3.38. The standard InChI is InChI=1S/C16H23N5O2S/c1-4-21-7-5-12(20-21)10-14(22)18-13(9-11(2)3)15(23)19-16-17-6-8-24-16/h5-8,11,13H,4,9-10H2,1-3H3,(H,18,22)(H,17,19,23). The lowest BCUT2D eigenvalue weighted by atomic mass is 10.0. The Morgan fingerprint density at radius 2 is 2.17 bits per heavy atom. The van der Waals surface area contributed by atoms with Crippen LogP contribution in [0.15, 0.2) is 23.8 Å². The van der Waals surface area contributed by atoms with Crippen molar-refractivity contribution in [2.75, 3.05) is 5.32 Å². The molecule has 0 aliphatic rings. The first-order chi connectivity index (χ1) is 11.5. The van der Waals surface area contributed by atoms with Crippen LogP contribution in [0.1, 0.15) is 32.9 Å². The molecule has 2 N–H and O–H groups in total. The molecule has 0 aliphatic carbocycles. The Bertz CT molecular complexity index is 666. The van der Waals surface area contributed by atoms with Crippen LogP contribution in [0, 0.1) is 5.92 Å². The van der Waals surface area contributed by atoms with Gasteiger partial charge in [0, 0.05) is 24.3 Å². The molecule has 0 bridgehead atoms. The molecule has 0 aromatic carbocycles. The Kier molecular flexibility index (Phi) is 6.48. The fourth-order valence-corrected chi connectivity index (χ4v) is 2.80. The molecule has 130 valence electrons. The molecule has 0 saturated carbocycles. The van der Waals surface area contributed by atoms with E-state index in [1.807, 2.05) is 33.0 Å². The second-order valence-electron chi connectivity index (χ2n) is 5.92. The van der Waals surface area contributed by atoms with E-state index < -0.39 is 6.04 Å². The Hall–Kier alpha value is -2.22. The van der Waals surface area contributed by atoms with Crippen LogP contribution in [-0.4, -0.2) is 32.6 Å². The maximum atomic E-state index is 12.4. The van der Waals surface area contributed by atoms with E-state index in [-0.39, 0.29) is 24.2 Å². The number of thiazole rings is 1. The van der Waals surface area contributed by atoms with Crippen molar-refractivity contribution in [2.45, 2.75) is 46.2 Å². The van der Waals surface area contributed by atoms with Gasteiger partial charge >= 0.3 is 0 Å². The zero-order valence-electron chi connectivity index (χ0n) is 14.2. The van der Waals surface area contributed by atoms with Crippen molar-refractivity contribution in [1.82, 2.24) is 20.1 Å². The zero-order chi connectivity index (χ0) is 17.5. The second kappa shape index (κ2) is 8.58. The third kappa shape index (κ3) is 5.45. The van der Waals surface area contributed by atoms with Crippen LogP contribution in [0.25, 0.3) is 0 Å². The van der Waals surface area contributed by atoms with Crippen molar-refractivity contribution in [2.24, 2.45) is 5.92 Å². The molecule has 2 amide bonds. The molecule has 2 aromatic heterocycles. The van der Waals surface area contributed by atoms with Gasteiger partial charge in [-0.3, -0.25) is 14.3 Å². The maximum Gasteiger partial charge on any atom is 0.248 e. The summed E-state index contributed by atoms with van der Waals surface area (Å²) in [4.78, 5) is 28.7. The van der Waals surface area contributed by atoms with Crippen molar-refractivity contribution in [3.05, 3.63) is 29.5 Å². The van der Waals surface area contributed by atoms with Gasteiger partial charge in [-0.1, -0.05) is 13.8 Å². The lowest BCUT2D eigenvalue weighted by molar-refractivity contribution is -0.126. The van der Waals surface area contributed by atoms with Gasteiger partial charge in [0.2, 0.25) is 11.8 Å². The molecule has 1 unspecified atom stereocenters. The highest BCUT2D eigenvalue weighted by Crippen LogP contribution is 2.13. The molecule has 7 nitrogen and oxygen atoms in total.